The maximum absolute atomic E-state index is 6.81. The van der Waals surface area contributed by atoms with Gasteiger partial charge in [-0.15, -0.1) is 0 Å². The minimum absolute atomic E-state index is 0.190. The summed E-state index contributed by atoms with van der Waals surface area (Å²) in [5.74, 6) is 0. The molecule has 1 fully saturated rings. The van der Waals surface area contributed by atoms with Crippen molar-refractivity contribution >= 4 is 16.6 Å². The highest BCUT2D eigenvalue weighted by atomic mass is 28.4. The molecule has 1 aliphatic rings. The van der Waals surface area contributed by atoms with E-state index in [4.69, 9.17) is 8.85 Å². The van der Waals surface area contributed by atoms with Gasteiger partial charge in [-0.2, -0.15) is 0 Å². The summed E-state index contributed by atoms with van der Waals surface area (Å²) < 4.78 is 13.6. The van der Waals surface area contributed by atoms with Crippen LogP contribution in [0.3, 0.4) is 0 Å². The lowest BCUT2D eigenvalue weighted by molar-refractivity contribution is 0.0546. The second-order valence-electron chi connectivity index (χ2n) is 10.2. The van der Waals surface area contributed by atoms with E-state index in [2.05, 4.69) is 80.0 Å². The van der Waals surface area contributed by atoms with E-state index in [1.165, 1.54) is 0 Å². The molecule has 138 valence electrons. The van der Waals surface area contributed by atoms with Crippen LogP contribution in [0.2, 0.25) is 36.3 Å². The van der Waals surface area contributed by atoms with Gasteiger partial charge in [0.15, 0.2) is 16.6 Å². The van der Waals surface area contributed by atoms with Crippen molar-refractivity contribution in [3.8, 4) is 0 Å². The van der Waals surface area contributed by atoms with E-state index in [1.807, 2.05) is 0 Å². The van der Waals surface area contributed by atoms with Crippen LogP contribution in [0.15, 0.2) is 0 Å². The van der Waals surface area contributed by atoms with Crippen molar-refractivity contribution in [2.45, 2.75) is 109 Å². The average Bonchev–Trinajstić information content (AvgIpc) is 2.67. The Morgan fingerprint density at radius 3 is 1.70 bits per heavy atom. The monoisotopic (exact) mass is 359 g/mol. The Morgan fingerprint density at radius 1 is 0.870 bits per heavy atom. The molecule has 0 amide bonds. The van der Waals surface area contributed by atoms with Gasteiger partial charge in [0.2, 0.25) is 0 Å². The highest BCUT2D eigenvalue weighted by Crippen LogP contribution is 2.41. The molecule has 1 saturated heterocycles. The van der Waals surface area contributed by atoms with Crippen molar-refractivity contribution in [2.75, 3.05) is 6.54 Å². The summed E-state index contributed by atoms with van der Waals surface area (Å²) in [4.78, 5) is 0. The Morgan fingerprint density at radius 2 is 1.30 bits per heavy atom. The molecule has 0 aliphatic carbocycles. The molecule has 0 aromatic rings. The molecule has 0 spiro atoms. The van der Waals surface area contributed by atoms with Crippen LogP contribution in [0.4, 0.5) is 0 Å². The van der Waals surface area contributed by atoms with Crippen LogP contribution < -0.4 is 5.32 Å². The third-order valence-electron chi connectivity index (χ3n) is 6.27. The molecule has 0 aromatic carbocycles. The van der Waals surface area contributed by atoms with Crippen LogP contribution in [0, 0.1) is 0 Å². The van der Waals surface area contributed by atoms with Crippen LogP contribution in [0.25, 0.3) is 0 Å². The Hall–Kier alpha value is 0.314. The van der Waals surface area contributed by atoms with Gasteiger partial charge in [0.05, 0.1) is 12.2 Å². The summed E-state index contributed by atoms with van der Waals surface area (Å²) in [6.45, 7) is 26.4. The van der Waals surface area contributed by atoms with E-state index >= 15 is 0 Å². The lowest BCUT2D eigenvalue weighted by atomic mass is 10.1. The van der Waals surface area contributed by atoms with Gasteiger partial charge in [0, 0.05) is 12.6 Å². The minimum Gasteiger partial charge on any atom is -0.410 e. The molecule has 1 aliphatic heterocycles. The molecule has 0 radical (unpaired) electrons. The van der Waals surface area contributed by atoms with E-state index in [-0.39, 0.29) is 22.3 Å². The molecule has 0 aromatic heterocycles. The third kappa shape index (κ3) is 4.91. The van der Waals surface area contributed by atoms with Gasteiger partial charge in [-0.05, 0) is 42.7 Å². The summed E-state index contributed by atoms with van der Waals surface area (Å²) in [6.07, 6.45) is 1.47. The lowest BCUT2D eigenvalue weighted by Crippen LogP contribution is -2.53. The second-order valence-corrected chi connectivity index (χ2v) is 19.7. The predicted octanol–water partition coefficient (Wildman–Crippen LogP) is 5.15. The van der Waals surface area contributed by atoms with Crippen molar-refractivity contribution < 1.29 is 8.85 Å². The first-order valence-corrected chi connectivity index (χ1v) is 15.0. The molecule has 3 nitrogen and oxygen atoms in total. The Kier molecular flexibility index (Phi) is 6.41. The summed E-state index contributed by atoms with van der Waals surface area (Å²) in [5.41, 5.74) is 0. The second kappa shape index (κ2) is 6.91. The van der Waals surface area contributed by atoms with Crippen molar-refractivity contribution in [3.63, 3.8) is 0 Å². The van der Waals surface area contributed by atoms with E-state index in [1.54, 1.807) is 0 Å². The van der Waals surface area contributed by atoms with Crippen molar-refractivity contribution in [1.29, 1.82) is 0 Å². The molecule has 0 saturated carbocycles. The molecule has 23 heavy (non-hydrogen) atoms. The van der Waals surface area contributed by atoms with Crippen LogP contribution >= 0.6 is 0 Å². The summed E-state index contributed by atoms with van der Waals surface area (Å²) in [7, 11) is -3.58. The minimum atomic E-state index is -1.80. The predicted molar refractivity (Wildman–Crippen MR) is 106 cm³/mol. The molecular formula is C18H41NO2Si2. The van der Waals surface area contributed by atoms with Gasteiger partial charge in [-0.25, -0.2) is 0 Å². The fourth-order valence-corrected chi connectivity index (χ4v) is 5.15. The van der Waals surface area contributed by atoms with Gasteiger partial charge < -0.3 is 14.2 Å². The largest absolute Gasteiger partial charge is 0.410 e. The van der Waals surface area contributed by atoms with E-state index < -0.39 is 16.6 Å². The maximum Gasteiger partial charge on any atom is 0.192 e. The highest BCUT2D eigenvalue weighted by molar-refractivity contribution is 6.74. The fraction of sp³-hybridized carbons (Fsp3) is 1.00. The Bertz CT molecular complexity index is 397. The molecule has 5 heteroatoms. The SMILES string of the molecule is CC[C@@H]1NC[C@H](O[Si](C)(C)C(C)(C)C)[C@H]1O[Si](C)(C)C(C)(C)C. The first-order chi connectivity index (χ1) is 10.1. The topological polar surface area (TPSA) is 30.5 Å². The standard InChI is InChI=1S/C18H41NO2Si2/c1-12-14-16(21-23(10,11)18(5,6)7)15(13-19-14)20-22(8,9)17(2,3)4/h14-16,19H,12-13H2,1-11H3/t14-,15-,16-/m0/s1. The van der Waals surface area contributed by atoms with Crippen LogP contribution in [0.1, 0.15) is 54.9 Å². The quantitative estimate of drug-likeness (QED) is 0.689. The fourth-order valence-electron chi connectivity index (χ4n) is 2.47. The Balaban J connectivity index is 2.96. The zero-order chi connectivity index (χ0) is 18.3. The number of rotatable bonds is 5. The summed E-state index contributed by atoms with van der Waals surface area (Å²) in [6, 6.07) is 0.416. The van der Waals surface area contributed by atoms with Crippen molar-refractivity contribution in [2.24, 2.45) is 0 Å². The molecule has 3 atom stereocenters. The molecular weight excluding hydrogens is 318 g/mol. The van der Waals surface area contributed by atoms with Crippen LogP contribution in [-0.2, 0) is 8.85 Å². The average molecular weight is 360 g/mol. The van der Waals surface area contributed by atoms with Gasteiger partial charge in [-0.3, -0.25) is 0 Å². The summed E-state index contributed by atoms with van der Waals surface area (Å²) in [5, 5.41) is 4.12. The smallest absolute Gasteiger partial charge is 0.192 e. The zero-order valence-electron chi connectivity index (χ0n) is 17.5. The first-order valence-electron chi connectivity index (χ1n) is 9.21. The van der Waals surface area contributed by atoms with Crippen LogP contribution in [0.5, 0.6) is 0 Å². The molecule has 0 bridgehead atoms. The number of nitrogens with one attached hydrogen (secondary N) is 1. The highest BCUT2D eigenvalue weighted by Gasteiger charge is 2.48. The van der Waals surface area contributed by atoms with Crippen molar-refractivity contribution in [1.82, 2.24) is 5.32 Å². The zero-order valence-corrected chi connectivity index (χ0v) is 19.5. The van der Waals surface area contributed by atoms with Gasteiger partial charge in [-0.1, -0.05) is 48.5 Å². The van der Waals surface area contributed by atoms with Crippen LogP contribution in [-0.4, -0.2) is 41.4 Å². The molecule has 1 heterocycles. The molecule has 1 N–H and O–H groups in total. The maximum atomic E-state index is 6.81. The van der Waals surface area contributed by atoms with Gasteiger partial charge in [0.1, 0.15) is 0 Å². The van der Waals surface area contributed by atoms with E-state index in [9.17, 15) is 0 Å². The third-order valence-corrected chi connectivity index (χ3v) is 15.3. The Labute approximate surface area is 147 Å². The lowest BCUT2D eigenvalue weighted by Gasteiger charge is -2.44. The summed E-state index contributed by atoms with van der Waals surface area (Å²) >= 11 is 0. The molecule has 0 unspecified atom stereocenters. The van der Waals surface area contributed by atoms with Gasteiger partial charge >= 0.3 is 0 Å². The molecule has 1 rings (SSSR count). The van der Waals surface area contributed by atoms with Crippen molar-refractivity contribution in [3.05, 3.63) is 0 Å². The van der Waals surface area contributed by atoms with E-state index in [0.29, 0.717) is 6.04 Å². The van der Waals surface area contributed by atoms with E-state index in [0.717, 1.165) is 13.0 Å². The normalized spacial score (nSPS) is 27.5. The first kappa shape index (κ1) is 21.4. The number of hydrogen-bond acceptors (Lipinski definition) is 3. The number of hydrogen-bond donors (Lipinski definition) is 1. The van der Waals surface area contributed by atoms with Gasteiger partial charge in [0.25, 0.3) is 0 Å².